The number of fused-ring (bicyclic) bond motifs is 1. The SMILES string of the molecule is CC=C(C)C=CCCc1ccc2ccncc2c1. The summed E-state index contributed by atoms with van der Waals surface area (Å²) in [6.45, 7) is 4.19. The topological polar surface area (TPSA) is 12.9 Å². The Morgan fingerprint density at radius 2 is 2.11 bits per heavy atom. The Balaban J connectivity index is 2.02. The molecule has 0 radical (unpaired) electrons. The van der Waals surface area contributed by atoms with Gasteiger partial charge in [0.2, 0.25) is 0 Å². The van der Waals surface area contributed by atoms with Gasteiger partial charge in [0.05, 0.1) is 0 Å². The molecule has 0 aliphatic heterocycles. The first kappa shape index (κ1) is 12.6. The lowest BCUT2D eigenvalue weighted by molar-refractivity contribution is 1.00. The van der Waals surface area contributed by atoms with Crippen LogP contribution in [-0.2, 0) is 6.42 Å². The second-order valence-electron chi connectivity index (χ2n) is 4.53. The fourth-order valence-electron chi connectivity index (χ4n) is 1.91. The molecule has 92 valence electrons. The van der Waals surface area contributed by atoms with E-state index in [1.54, 1.807) is 0 Å². The monoisotopic (exact) mass is 237 g/mol. The average Bonchev–Trinajstić information content (AvgIpc) is 2.43. The van der Waals surface area contributed by atoms with E-state index < -0.39 is 0 Å². The Morgan fingerprint density at radius 3 is 2.94 bits per heavy atom. The molecule has 1 nitrogen and oxygen atoms in total. The van der Waals surface area contributed by atoms with Gasteiger partial charge in [0.15, 0.2) is 0 Å². The minimum Gasteiger partial charge on any atom is -0.264 e. The number of allylic oxidation sites excluding steroid dienone is 4. The molecule has 0 atom stereocenters. The molecule has 0 amide bonds. The summed E-state index contributed by atoms with van der Waals surface area (Å²) in [6.07, 6.45) is 12.5. The Bertz CT molecular complexity index is 579. The maximum Gasteiger partial charge on any atom is 0.0346 e. The van der Waals surface area contributed by atoms with Gasteiger partial charge in [-0.05, 0) is 49.8 Å². The zero-order valence-corrected chi connectivity index (χ0v) is 11.1. The molecule has 2 aromatic rings. The second kappa shape index (κ2) is 6.15. The van der Waals surface area contributed by atoms with Crippen LogP contribution in [0.15, 0.2) is 60.5 Å². The van der Waals surface area contributed by atoms with E-state index in [1.165, 1.54) is 21.9 Å². The highest BCUT2D eigenvalue weighted by atomic mass is 14.6. The molecular formula is C17H19N. The third kappa shape index (κ3) is 3.30. The van der Waals surface area contributed by atoms with Gasteiger partial charge in [-0.3, -0.25) is 4.98 Å². The van der Waals surface area contributed by atoms with E-state index >= 15 is 0 Å². The number of nitrogens with zero attached hydrogens (tertiary/aromatic N) is 1. The predicted octanol–water partition coefficient (Wildman–Crippen LogP) is 4.69. The summed E-state index contributed by atoms with van der Waals surface area (Å²) in [4.78, 5) is 4.16. The first-order valence-electron chi connectivity index (χ1n) is 6.41. The molecule has 0 fully saturated rings. The van der Waals surface area contributed by atoms with Crippen molar-refractivity contribution in [1.29, 1.82) is 0 Å². The molecule has 0 aliphatic carbocycles. The van der Waals surface area contributed by atoms with E-state index in [9.17, 15) is 0 Å². The fourth-order valence-corrected chi connectivity index (χ4v) is 1.91. The Kier molecular flexibility index (Phi) is 4.30. The lowest BCUT2D eigenvalue weighted by Crippen LogP contribution is -1.84. The van der Waals surface area contributed by atoms with Gasteiger partial charge >= 0.3 is 0 Å². The quantitative estimate of drug-likeness (QED) is 0.703. The van der Waals surface area contributed by atoms with Crippen LogP contribution in [-0.4, -0.2) is 4.98 Å². The summed E-state index contributed by atoms with van der Waals surface area (Å²) in [5.74, 6) is 0. The molecule has 18 heavy (non-hydrogen) atoms. The number of hydrogen-bond acceptors (Lipinski definition) is 1. The number of hydrogen-bond donors (Lipinski definition) is 0. The molecule has 1 heterocycles. The number of benzene rings is 1. The van der Waals surface area contributed by atoms with E-state index in [4.69, 9.17) is 0 Å². The Morgan fingerprint density at radius 1 is 1.22 bits per heavy atom. The summed E-state index contributed by atoms with van der Waals surface area (Å²) in [6, 6.07) is 8.67. The maximum atomic E-state index is 4.16. The van der Waals surface area contributed by atoms with Crippen molar-refractivity contribution in [3.05, 3.63) is 66.0 Å². The molecular weight excluding hydrogens is 218 g/mol. The van der Waals surface area contributed by atoms with Crippen LogP contribution < -0.4 is 0 Å². The molecule has 1 aromatic heterocycles. The van der Waals surface area contributed by atoms with Gasteiger partial charge in [-0.2, -0.15) is 0 Å². The van der Waals surface area contributed by atoms with E-state index in [0.717, 1.165) is 12.8 Å². The lowest BCUT2D eigenvalue weighted by Gasteiger charge is -2.01. The van der Waals surface area contributed by atoms with Crippen molar-refractivity contribution >= 4 is 10.8 Å². The average molecular weight is 237 g/mol. The van der Waals surface area contributed by atoms with Crippen LogP contribution in [0.25, 0.3) is 10.8 Å². The zero-order valence-electron chi connectivity index (χ0n) is 11.1. The predicted molar refractivity (Wildman–Crippen MR) is 78.6 cm³/mol. The summed E-state index contributed by atoms with van der Waals surface area (Å²) in [5, 5.41) is 2.48. The standard InChI is InChI=1S/C17H19N/c1-3-14(2)6-4-5-7-15-8-9-16-10-11-18-13-17(16)12-15/h3-4,6,8-13H,5,7H2,1-2H3. The smallest absolute Gasteiger partial charge is 0.0346 e. The first-order valence-corrected chi connectivity index (χ1v) is 6.41. The van der Waals surface area contributed by atoms with Crippen LogP contribution in [0.2, 0.25) is 0 Å². The molecule has 0 bridgehead atoms. The number of aryl methyl sites for hydroxylation is 1. The van der Waals surface area contributed by atoms with Crippen molar-refractivity contribution < 1.29 is 0 Å². The van der Waals surface area contributed by atoms with Crippen LogP contribution in [0.3, 0.4) is 0 Å². The first-order chi connectivity index (χ1) is 8.79. The van der Waals surface area contributed by atoms with Crippen molar-refractivity contribution in [3.8, 4) is 0 Å². The van der Waals surface area contributed by atoms with Crippen LogP contribution in [0.5, 0.6) is 0 Å². The minimum absolute atomic E-state index is 1.08. The Hall–Kier alpha value is -1.89. The largest absolute Gasteiger partial charge is 0.264 e. The van der Waals surface area contributed by atoms with Crippen molar-refractivity contribution in [3.63, 3.8) is 0 Å². The highest BCUT2D eigenvalue weighted by molar-refractivity contribution is 5.81. The minimum atomic E-state index is 1.08. The fraction of sp³-hybridized carbons (Fsp3) is 0.235. The van der Waals surface area contributed by atoms with Crippen LogP contribution in [0, 0.1) is 0 Å². The third-order valence-corrected chi connectivity index (χ3v) is 3.14. The molecule has 2 rings (SSSR count). The molecule has 0 N–H and O–H groups in total. The molecule has 0 saturated heterocycles. The van der Waals surface area contributed by atoms with Crippen molar-refractivity contribution in [2.45, 2.75) is 26.7 Å². The van der Waals surface area contributed by atoms with E-state index in [1.807, 2.05) is 12.4 Å². The molecule has 1 heteroatoms. The van der Waals surface area contributed by atoms with Crippen LogP contribution in [0.1, 0.15) is 25.8 Å². The molecule has 0 aliphatic rings. The number of rotatable bonds is 4. The van der Waals surface area contributed by atoms with Crippen LogP contribution in [0.4, 0.5) is 0 Å². The zero-order chi connectivity index (χ0) is 12.8. The summed E-state index contributed by atoms with van der Waals surface area (Å²) in [5.41, 5.74) is 2.69. The van der Waals surface area contributed by atoms with Gasteiger partial charge in [0.25, 0.3) is 0 Å². The Labute approximate surface area is 109 Å². The van der Waals surface area contributed by atoms with Crippen LogP contribution >= 0.6 is 0 Å². The third-order valence-electron chi connectivity index (χ3n) is 3.14. The number of aromatic nitrogens is 1. The van der Waals surface area contributed by atoms with E-state index in [0.29, 0.717) is 0 Å². The van der Waals surface area contributed by atoms with Gasteiger partial charge in [-0.15, -0.1) is 0 Å². The molecule has 1 aromatic carbocycles. The van der Waals surface area contributed by atoms with Gasteiger partial charge in [-0.1, -0.05) is 35.9 Å². The highest BCUT2D eigenvalue weighted by Gasteiger charge is 1.95. The van der Waals surface area contributed by atoms with E-state index in [-0.39, 0.29) is 0 Å². The van der Waals surface area contributed by atoms with Gasteiger partial charge in [0.1, 0.15) is 0 Å². The molecule has 0 unspecified atom stereocenters. The van der Waals surface area contributed by atoms with Gasteiger partial charge < -0.3 is 0 Å². The summed E-state index contributed by atoms with van der Waals surface area (Å²) < 4.78 is 0. The van der Waals surface area contributed by atoms with Gasteiger partial charge in [0, 0.05) is 17.8 Å². The lowest BCUT2D eigenvalue weighted by atomic mass is 10.1. The van der Waals surface area contributed by atoms with Crippen molar-refractivity contribution in [2.75, 3.05) is 0 Å². The normalized spacial score (nSPS) is 12.4. The number of pyridine rings is 1. The van der Waals surface area contributed by atoms with Crippen molar-refractivity contribution in [1.82, 2.24) is 4.98 Å². The second-order valence-corrected chi connectivity index (χ2v) is 4.53. The highest BCUT2D eigenvalue weighted by Crippen LogP contribution is 2.15. The molecule has 0 spiro atoms. The summed E-state index contributed by atoms with van der Waals surface area (Å²) >= 11 is 0. The van der Waals surface area contributed by atoms with Crippen molar-refractivity contribution in [2.24, 2.45) is 0 Å². The molecule has 0 saturated carbocycles. The maximum absolute atomic E-state index is 4.16. The van der Waals surface area contributed by atoms with Gasteiger partial charge in [-0.25, -0.2) is 0 Å². The van der Waals surface area contributed by atoms with E-state index in [2.05, 4.69) is 61.3 Å². The summed E-state index contributed by atoms with van der Waals surface area (Å²) in [7, 11) is 0.